The molecule has 1 saturated heterocycles. The van der Waals surface area contributed by atoms with E-state index in [-0.39, 0.29) is 25.9 Å². The third kappa shape index (κ3) is 48.0. The molecule has 1 rings (SSSR count). The van der Waals surface area contributed by atoms with Crippen LogP contribution in [0.15, 0.2) is 72.9 Å². The van der Waals surface area contributed by atoms with Crippen molar-refractivity contribution in [2.45, 2.75) is 340 Å². The van der Waals surface area contributed by atoms with Crippen molar-refractivity contribution in [3.63, 3.8) is 0 Å². The molecule has 0 spiro atoms. The number of rotatable bonds is 58. The van der Waals surface area contributed by atoms with Gasteiger partial charge in [0.05, 0.1) is 6.61 Å². The zero-order chi connectivity index (χ0) is 60.3. The summed E-state index contributed by atoms with van der Waals surface area (Å²) in [6.45, 7) is 5.81. The van der Waals surface area contributed by atoms with Crippen molar-refractivity contribution in [1.29, 1.82) is 0 Å². The molecule has 3 N–H and O–H groups in total. The van der Waals surface area contributed by atoms with Gasteiger partial charge in [0.1, 0.15) is 18.8 Å². The average molecular weight is 1170 g/mol. The van der Waals surface area contributed by atoms with Crippen LogP contribution in [0.25, 0.3) is 0 Å². The van der Waals surface area contributed by atoms with Crippen molar-refractivity contribution in [2.75, 3.05) is 13.2 Å². The first kappa shape index (κ1) is 77.2. The molecule has 0 amide bonds. The summed E-state index contributed by atoms with van der Waals surface area (Å²) in [5, 5.41) is 31.6. The van der Waals surface area contributed by atoms with Gasteiger partial charge in [-0.15, -0.1) is 0 Å². The first-order valence-corrected chi connectivity index (χ1v) is 33.9. The highest BCUT2D eigenvalue weighted by atomic mass is 16.7. The number of carboxylic acid groups (broad SMARTS) is 1. The Morgan fingerprint density at radius 2 is 0.759 bits per heavy atom. The standard InChI is InChI=1S/C71H122O12/c1-4-7-10-13-16-19-22-25-28-31-32-35-36-39-42-45-48-51-54-57-63(72)79-60-62(81-64(73)58-55-52-49-46-43-40-37-33-29-26-23-20-17-14-11-8-5-2)61-80-71-69(67(76)66(75)68(83-71)70(77)78)82-65(74)59-56-53-50-47-44-41-38-34-30-27-24-21-18-15-12-9-6-3/h8-9,11-12,17-18,20-21,26-27,29-30,62,66-69,71,75-76H,4-7,10,13-16,19,22-25,28,31-61H2,1-3H3,(H,77,78)/b11-8-,12-9-,20-17-,21-18-,29-26-,30-27-. The van der Waals surface area contributed by atoms with Gasteiger partial charge < -0.3 is 39.0 Å². The second-order valence-corrected chi connectivity index (χ2v) is 23.1. The summed E-state index contributed by atoms with van der Waals surface area (Å²) in [7, 11) is 0. The molecular weight excluding hydrogens is 1040 g/mol. The first-order chi connectivity index (χ1) is 40.6. The summed E-state index contributed by atoms with van der Waals surface area (Å²) >= 11 is 0. The molecule has 0 radical (unpaired) electrons. The van der Waals surface area contributed by atoms with Crippen LogP contribution in [0.5, 0.6) is 0 Å². The van der Waals surface area contributed by atoms with E-state index < -0.39 is 67.3 Å². The lowest BCUT2D eigenvalue weighted by Gasteiger charge is -2.40. The van der Waals surface area contributed by atoms with Gasteiger partial charge in [-0.05, 0) is 83.5 Å². The van der Waals surface area contributed by atoms with Crippen LogP contribution in [0.3, 0.4) is 0 Å². The predicted molar refractivity (Wildman–Crippen MR) is 340 cm³/mol. The number of esters is 3. The molecule has 478 valence electrons. The van der Waals surface area contributed by atoms with Crippen LogP contribution in [-0.2, 0) is 42.9 Å². The van der Waals surface area contributed by atoms with Gasteiger partial charge in [-0.3, -0.25) is 14.4 Å². The quantitative estimate of drug-likeness (QED) is 0.0228. The summed E-state index contributed by atoms with van der Waals surface area (Å²) in [4.78, 5) is 51.4. The molecule has 0 saturated carbocycles. The van der Waals surface area contributed by atoms with Gasteiger partial charge in [-0.1, -0.05) is 273 Å². The van der Waals surface area contributed by atoms with E-state index in [9.17, 15) is 34.5 Å². The molecule has 83 heavy (non-hydrogen) atoms. The number of aliphatic hydroxyl groups is 2. The highest BCUT2D eigenvalue weighted by Gasteiger charge is 2.50. The van der Waals surface area contributed by atoms with Crippen LogP contribution in [0.4, 0.5) is 0 Å². The molecule has 1 aliphatic heterocycles. The molecule has 12 nitrogen and oxygen atoms in total. The Morgan fingerprint density at radius 3 is 1.16 bits per heavy atom. The molecular formula is C71H122O12. The Balaban J connectivity index is 2.64. The van der Waals surface area contributed by atoms with Crippen LogP contribution in [0.2, 0.25) is 0 Å². The Morgan fingerprint density at radius 1 is 0.410 bits per heavy atom. The number of carboxylic acids is 1. The molecule has 1 aliphatic rings. The number of allylic oxidation sites excluding steroid dienone is 12. The number of aliphatic carboxylic acids is 1. The van der Waals surface area contributed by atoms with Crippen LogP contribution < -0.4 is 0 Å². The summed E-state index contributed by atoms with van der Waals surface area (Å²) in [5.74, 6) is -3.12. The van der Waals surface area contributed by atoms with E-state index in [1.165, 1.54) is 96.3 Å². The van der Waals surface area contributed by atoms with Crippen molar-refractivity contribution in [3.8, 4) is 0 Å². The Hall–Kier alpha value is -3.84. The summed E-state index contributed by atoms with van der Waals surface area (Å²) < 4.78 is 28.6. The number of aliphatic hydroxyl groups excluding tert-OH is 2. The van der Waals surface area contributed by atoms with E-state index >= 15 is 0 Å². The maximum absolute atomic E-state index is 13.2. The lowest BCUT2D eigenvalue weighted by molar-refractivity contribution is -0.301. The summed E-state index contributed by atoms with van der Waals surface area (Å²) in [6, 6.07) is 0. The minimum Gasteiger partial charge on any atom is -0.479 e. The smallest absolute Gasteiger partial charge is 0.335 e. The van der Waals surface area contributed by atoms with Gasteiger partial charge in [-0.25, -0.2) is 4.79 Å². The third-order valence-corrected chi connectivity index (χ3v) is 15.3. The number of hydrogen-bond acceptors (Lipinski definition) is 11. The van der Waals surface area contributed by atoms with Crippen LogP contribution in [0, 0.1) is 0 Å². The molecule has 0 aromatic heterocycles. The van der Waals surface area contributed by atoms with Crippen molar-refractivity contribution in [1.82, 2.24) is 0 Å². The number of unbranched alkanes of at least 4 members (excludes halogenated alkanes) is 32. The van der Waals surface area contributed by atoms with Gasteiger partial charge in [0.25, 0.3) is 0 Å². The van der Waals surface area contributed by atoms with Crippen molar-refractivity contribution in [2.24, 2.45) is 0 Å². The van der Waals surface area contributed by atoms with E-state index in [1.807, 2.05) is 0 Å². The highest BCUT2D eigenvalue weighted by Crippen LogP contribution is 2.27. The summed E-state index contributed by atoms with van der Waals surface area (Å²) in [6.07, 6.45) is 62.8. The van der Waals surface area contributed by atoms with Gasteiger partial charge in [-0.2, -0.15) is 0 Å². The van der Waals surface area contributed by atoms with Crippen LogP contribution in [-0.4, -0.2) is 89.2 Å². The predicted octanol–water partition coefficient (Wildman–Crippen LogP) is 18.5. The fourth-order valence-electron chi connectivity index (χ4n) is 10.2. The fourth-order valence-corrected chi connectivity index (χ4v) is 10.2. The lowest BCUT2D eigenvalue weighted by atomic mass is 9.98. The zero-order valence-corrected chi connectivity index (χ0v) is 52.9. The fraction of sp³-hybridized carbons (Fsp3) is 0.775. The van der Waals surface area contributed by atoms with Gasteiger partial charge in [0, 0.05) is 19.3 Å². The molecule has 12 heteroatoms. The normalized spacial score (nSPS) is 18.0. The first-order valence-electron chi connectivity index (χ1n) is 33.9. The van der Waals surface area contributed by atoms with E-state index in [0.717, 1.165) is 148 Å². The van der Waals surface area contributed by atoms with Crippen molar-refractivity contribution in [3.05, 3.63) is 72.9 Å². The molecule has 0 aromatic carbocycles. The number of carbonyl (C=O) groups excluding carboxylic acids is 3. The Bertz CT molecular complexity index is 1720. The average Bonchev–Trinajstić information content (AvgIpc) is 3.59. The topological polar surface area (TPSA) is 175 Å². The van der Waals surface area contributed by atoms with E-state index in [1.54, 1.807) is 0 Å². The monoisotopic (exact) mass is 1170 g/mol. The number of ether oxygens (including phenoxy) is 5. The summed E-state index contributed by atoms with van der Waals surface area (Å²) in [5.41, 5.74) is 0. The Kier molecular flexibility index (Phi) is 54.4. The van der Waals surface area contributed by atoms with E-state index in [4.69, 9.17) is 23.7 Å². The maximum atomic E-state index is 13.2. The molecule has 1 heterocycles. The van der Waals surface area contributed by atoms with Gasteiger partial charge in [0.15, 0.2) is 24.6 Å². The number of hydrogen-bond donors (Lipinski definition) is 3. The molecule has 0 aromatic rings. The van der Waals surface area contributed by atoms with E-state index in [0.29, 0.717) is 19.3 Å². The van der Waals surface area contributed by atoms with E-state index in [2.05, 4.69) is 93.7 Å². The molecule has 1 fully saturated rings. The minimum absolute atomic E-state index is 0.0476. The SMILES string of the molecule is CC/C=C\C/C=C\C/C=C\CCCCCCCCCC(=O)OC(COC(=O)CCCCCCCCCCCCCCCCCCCCC)COC1OC(C(=O)O)C(O)C(O)C1OC(=O)CCCCCCCCC/C=C\C/C=C\C/C=C\CC. The lowest BCUT2D eigenvalue weighted by Crippen LogP contribution is -2.61. The third-order valence-electron chi connectivity index (χ3n) is 15.3. The second kappa shape index (κ2) is 58.5. The molecule has 6 unspecified atom stereocenters. The largest absolute Gasteiger partial charge is 0.479 e. The molecule has 0 aliphatic carbocycles. The highest BCUT2D eigenvalue weighted by molar-refractivity contribution is 5.74. The molecule has 6 atom stereocenters. The zero-order valence-electron chi connectivity index (χ0n) is 52.9. The van der Waals surface area contributed by atoms with Crippen LogP contribution >= 0.6 is 0 Å². The maximum Gasteiger partial charge on any atom is 0.335 e. The second-order valence-electron chi connectivity index (χ2n) is 23.1. The minimum atomic E-state index is -1.91. The Labute approximate surface area is 506 Å². The number of carbonyl (C=O) groups is 4. The van der Waals surface area contributed by atoms with Gasteiger partial charge in [0.2, 0.25) is 0 Å². The molecule has 0 bridgehead atoms. The van der Waals surface area contributed by atoms with Crippen molar-refractivity contribution >= 4 is 23.9 Å². The van der Waals surface area contributed by atoms with Crippen LogP contribution in [0.1, 0.15) is 303 Å². The van der Waals surface area contributed by atoms with Gasteiger partial charge >= 0.3 is 23.9 Å². The van der Waals surface area contributed by atoms with Crippen molar-refractivity contribution < 1.29 is 58.2 Å².